The maximum absolute atomic E-state index is 5.98. The minimum Gasteiger partial charge on any atom is -0.321 e. The van der Waals surface area contributed by atoms with Crippen LogP contribution in [0.1, 0.15) is 18.7 Å². The van der Waals surface area contributed by atoms with Crippen LogP contribution < -0.4 is 5.32 Å². The van der Waals surface area contributed by atoms with E-state index in [4.69, 9.17) is 11.6 Å². The molecule has 1 aliphatic rings. The quantitative estimate of drug-likeness (QED) is 0.863. The van der Waals surface area contributed by atoms with Crippen LogP contribution in [0.15, 0.2) is 6.20 Å². The van der Waals surface area contributed by atoms with Crippen molar-refractivity contribution in [3.05, 3.63) is 17.2 Å². The third-order valence-corrected chi connectivity index (χ3v) is 3.66. The molecule has 1 aliphatic heterocycles. The number of nitrogens with one attached hydrogen (secondary N) is 1. The molecule has 1 aromatic rings. The highest BCUT2D eigenvalue weighted by Crippen LogP contribution is 2.20. The molecule has 0 spiro atoms. The van der Waals surface area contributed by atoms with Crippen LogP contribution in [-0.4, -0.2) is 40.6 Å². The van der Waals surface area contributed by atoms with Crippen LogP contribution in [0.5, 0.6) is 0 Å². The molecule has 1 aromatic heterocycles. The van der Waals surface area contributed by atoms with E-state index in [-0.39, 0.29) is 0 Å². The SMILES string of the molecule is CNCC1CCCN1Cc1ncc(Cl)n1C. The van der Waals surface area contributed by atoms with E-state index in [0.717, 1.165) is 25.5 Å². The molecule has 5 heteroatoms. The van der Waals surface area contributed by atoms with Crippen molar-refractivity contribution in [2.45, 2.75) is 25.4 Å². The van der Waals surface area contributed by atoms with E-state index in [1.165, 1.54) is 12.8 Å². The Balaban J connectivity index is 2.01. The summed E-state index contributed by atoms with van der Waals surface area (Å²) < 4.78 is 1.95. The van der Waals surface area contributed by atoms with Crippen LogP contribution >= 0.6 is 11.6 Å². The zero-order valence-electron chi connectivity index (χ0n) is 9.91. The van der Waals surface area contributed by atoms with E-state index >= 15 is 0 Å². The molecular formula is C11H19ClN4. The fourth-order valence-electron chi connectivity index (χ4n) is 2.32. The maximum Gasteiger partial charge on any atom is 0.128 e. The minimum atomic E-state index is 0.639. The van der Waals surface area contributed by atoms with Gasteiger partial charge in [-0.2, -0.15) is 0 Å². The van der Waals surface area contributed by atoms with Gasteiger partial charge in [0.2, 0.25) is 0 Å². The number of imidazole rings is 1. The van der Waals surface area contributed by atoms with Crippen molar-refractivity contribution in [2.24, 2.45) is 7.05 Å². The van der Waals surface area contributed by atoms with Crippen LogP contribution in [0, 0.1) is 0 Å². The molecule has 0 amide bonds. The van der Waals surface area contributed by atoms with Crippen molar-refractivity contribution in [1.29, 1.82) is 0 Å². The normalized spacial score (nSPS) is 21.8. The smallest absolute Gasteiger partial charge is 0.128 e. The first-order valence-corrected chi connectivity index (χ1v) is 6.15. The van der Waals surface area contributed by atoms with Gasteiger partial charge < -0.3 is 9.88 Å². The molecule has 0 saturated carbocycles. The Morgan fingerprint density at radius 2 is 2.44 bits per heavy atom. The highest BCUT2D eigenvalue weighted by molar-refractivity contribution is 6.29. The van der Waals surface area contributed by atoms with Gasteiger partial charge in [0.25, 0.3) is 0 Å². The molecule has 16 heavy (non-hydrogen) atoms. The largest absolute Gasteiger partial charge is 0.321 e. The highest BCUT2D eigenvalue weighted by atomic mass is 35.5. The Kier molecular flexibility index (Phi) is 3.84. The van der Waals surface area contributed by atoms with Gasteiger partial charge in [-0.3, -0.25) is 4.90 Å². The summed E-state index contributed by atoms with van der Waals surface area (Å²) in [5.74, 6) is 1.05. The molecule has 2 rings (SSSR count). The van der Waals surface area contributed by atoms with Crippen molar-refractivity contribution < 1.29 is 0 Å². The summed E-state index contributed by atoms with van der Waals surface area (Å²) in [6, 6.07) is 0.639. The first-order valence-electron chi connectivity index (χ1n) is 5.77. The van der Waals surface area contributed by atoms with Crippen LogP contribution in [0.4, 0.5) is 0 Å². The van der Waals surface area contributed by atoms with E-state index in [0.29, 0.717) is 11.2 Å². The van der Waals surface area contributed by atoms with E-state index in [1.54, 1.807) is 6.20 Å². The number of aromatic nitrogens is 2. The van der Waals surface area contributed by atoms with E-state index in [2.05, 4.69) is 15.2 Å². The molecule has 0 aliphatic carbocycles. The number of rotatable bonds is 4. The van der Waals surface area contributed by atoms with E-state index in [1.807, 2.05) is 18.7 Å². The topological polar surface area (TPSA) is 33.1 Å². The summed E-state index contributed by atoms with van der Waals surface area (Å²) in [5, 5.41) is 3.96. The van der Waals surface area contributed by atoms with Gasteiger partial charge in [-0.05, 0) is 26.4 Å². The molecular weight excluding hydrogens is 224 g/mol. The number of hydrogen-bond donors (Lipinski definition) is 1. The molecule has 0 radical (unpaired) electrons. The van der Waals surface area contributed by atoms with Crippen molar-refractivity contribution in [1.82, 2.24) is 19.8 Å². The molecule has 1 unspecified atom stereocenters. The number of likely N-dealkylation sites (N-methyl/N-ethyl adjacent to an activating group) is 1. The zero-order chi connectivity index (χ0) is 11.5. The summed E-state index contributed by atoms with van der Waals surface area (Å²) >= 11 is 5.98. The lowest BCUT2D eigenvalue weighted by Crippen LogP contribution is -2.36. The summed E-state index contributed by atoms with van der Waals surface area (Å²) in [4.78, 5) is 6.82. The number of halogens is 1. The predicted molar refractivity (Wildman–Crippen MR) is 65.6 cm³/mol. The van der Waals surface area contributed by atoms with Gasteiger partial charge in [0.05, 0.1) is 12.7 Å². The van der Waals surface area contributed by atoms with Crippen molar-refractivity contribution in [3.8, 4) is 0 Å². The number of hydrogen-bond acceptors (Lipinski definition) is 3. The summed E-state index contributed by atoms with van der Waals surface area (Å²) in [5.41, 5.74) is 0. The highest BCUT2D eigenvalue weighted by Gasteiger charge is 2.24. The zero-order valence-corrected chi connectivity index (χ0v) is 10.7. The fourth-order valence-corrected chi connectivity index (χ4v) is 2.47. The van der Waals surface area contributed by atoms with E-state index in [9.17, 15) is 0 Å². The lowest BCUT2D eigenvalue weighted by Gasteiger charge is -2.23. The van der Waals surface area contributed by atoms with Gasteiger partial charge in [-0.15, -0.1) is 0 Å². The minimum absolute atomic E-state index is 0.639. The summed E-state index contributed by atoms with van der Waals surface area (Å²) in [6.07, 6.45) is 4.28. The Morgan fingerprint density at radius 1 is 1.62 bits per heavy atom. The average Bonchev–Trinajstić information content (AvgIpc) is 2.82. The van der Waals surface area contributed by atoms with Gasteiger partial charge in [0, 0.05) is 19.6 Å². The van der Waals surface area contributed by atoms with Crippen molar-refractivity contribution >= 4 is 11.6 Å². The molecule has 90 valence electrons. The van der Waals surface area contributed by atoms with Gasteiger partial charge in [0.15, 0.2) is 0 Å². The standard InChI is InChI=1S/C11H19ClN4/c1-13-6-9-4-3-5-16(9)8-11-14-7-10(12)15(11)2/h7,9,13H,3-6,8H2,1-2H3. The molecule has 0 bridgehead atoms. The molecule has 0 aromatic carbocycles. The van der Waals surface area contributed by atoms with Crippen LogP contribution in [0.3, 0.4) is 0 Å². The van der Waals surface area contributed by atoms with Crippen molar-refractivity contribution in [2.75, 3.05) is 20.1 Å². The molecule has 1 saturated heterocycles. The molecule has 4 nitrogen and oxygen atoms in total. The van der Waals surface area contributed by atoms with Crippen LogP contribution in [0.2, 0.25) is 5.15 Å². The maximum atomic E-state index is 5.98. The first-order chi connectivity index (χ1) is 7.72. The van der Waals surface area contributed by atoms with Gasteiger partial charge >= 0.3 is 0 Å². The van der Waals surface area contributed by atoms with Gasteiger partial charge in [0.1, 0.15) is 11.0 Å². The lowest BCUT2D eigenvalue weighted by atomic mass is 10.2. The van der Waals surface area contributed by atoms with Crippen LogP contribution in [0.25, 0.3) is 0 Å². The predicted octanol–water partition coefficient (Wildman–Crippen LogP) is 1.26. The number of likely N-dealkylation sites (tertiary alicyclic amines) is 1. The molecule has 2 heterocycles. The van der Waals surface area contributed by atoms with Gasteiger partial charge in [-0.25, -0.2) is 4.98 Å². The molecule has 1 fully saturated rings. The first kappa shape index (κ1) is 11.9. The third-order valence-electron chi connectivity index (χ3n) is 3.31. The van der Waals surface area contributed by atoms with Gasteiger partial charge in [-0.1, -0.05) is 11.6 Å². The Morgan fingerprint density at radius 3 is 3.06 bits per heavy atom. The monoisotopic (exact) mass is 242 g/mol. The average molecular weight is 243 g/mol. The van der Waals surface area contributed by atoms with E-state index < -0.39 is 0 Å². The second-order valence-electron chi connectivity index (χ2n) is 4.38. The Labute approximate surface area is 102 Å². The molecule has 1 N–H and O–H groups in total. The fraction of sp³-hybridized carbons (Fsp3) is 0.727. The lowest BCUT2D eigenvalue weighted by molar-refractivity contribution is 0.234. The molecule has 1 atom stereocenters. The Hall–Kier alpha value is -0.580. The Bertz CT molecular complexity index is 350. The van der Waals surface area contributed by atoms with Crippen LogP contribution in [-0.2, 0) is 13.6 Å². The summed E-state index contributed by atoms with van der Waals surface area (Å²) in [7, 11) is 3.97. The number of nitrogens with zero attached hydrogens (tertiary/aromatic N) is 3. The second kappa shape index (κ2) is 5.17. The third kappa shape index (κ3) is 2.39. The van der Waals surface area contributed by atoms with Crippen molar-refractivity contribution in [3.63, 3.8) is 0 Å². The summed E-state index contributed by atoms with van der Waals surface area (Å²) in [6.45, 7) is 3.12. The second-order valence-corrected chi connectivity index (χ2v) is 4.77.